The molecule has 9 heteroatoms. The summed E-state index contributed by atoms with van der Waals surface area (Å²) in [5, 5.41) is 2.77. The average Bonchev–Trinajstić information content (AvgIpc) is 3.35. The highest BCUT2D eigenvalue weighted by Crippen LogP contribution is 2.33. The van der Waals surface area contributed by atoms with E-state index < -0.39 is 23.7 Å². The summed E-state index contributed by atoms with van der Waals surface area (Å²) in [4.78, 5) is 26.4. The lowest BCUT2D eigenvalue weighted by Gasteiger charge is -2.26. The van der Waals surface area contributed by atoms with E-state index in [1.165, 1.54) is 18.2 Å². The smallest absolute Gasteiger partial charge is 0.416 e. The number of fused-ring (bicyclic) bond motifs is 1. The molecule has 0 spiro atoms. The van der Waals surface area contributed by atoms with Crippen LogP contribution in [-0.4, -0.2) is 36.6 Å². The van der Waals surface area contributed by atoms with Crippen LogP contribution in [0.4, 0.5) is 13.2 Å². The van der Waals surface area contributed by atoms with Crippen LogP contribution >= 0.6 is 0 Å². The van der Waals surface area contributed by atoms with Gasteiger partial charge in [-0.1, -0.05) is 12.1 Å². The zero-order valence-electron chi connectivity index (χ0n) is 15.9. The SMILES string of the molecule is O=C(NC(CN1CCCC1=O)c1cccc(C(F)(F)F)c1)c1ccc2c(c1)OCO2. The second kappa shape index (κ2) is 7.89. The fourth-order valence-electron chi connectivity index (χ4n) is 3.56. The Bertz CT molecular complexity index is 977. The molecule has 30 heavy (non-hydrogen) atoms. The van der Waals surface area contributed by atoms with Crippen LogP contribution in [0.2, 0.25) is 0 Å². The van der Waals surface area contributed by atoms with Crippen molar-refractivity contribution in [3.63, 3.8) is 0 Å². The van der Waals surface area contributed by atoms with Gasteiger partial charge in [0.15, 0.2) is 11.5 Å². The fraction of sp³-hybridized carbons (Fsp3) is 0.333. The Morgan fingerprint density at radius 3 is 2.67 bits per heavy atom. The number of rotatable bonds is 5. The van der Waals surface area contributed by atoms with Crippen LogP contribution in [0.15, 0.2) is 42.5 Å². The van der Waals surface area contributed by atoms with Gasteiger partial charge < -0.3 is 19.7 Å². The van der Waals surface area contributed by atoms with E-state index >= 15 is 0 Å². The molecule has 2 aromatic rings. The van der Waals surface area contributed by atoms with Gasteiger partial charge in [-0.3, -0.25) is 9.59 Å². The molecule has 0 aromatic heterocycles. The summed E-state index contributed by atoms with van der Waals surface area (Å²) >= 11 is 0. The molecule has 1 fully saturated rings. The second-order valence-electron chi connectivity index (χ2n) is 7.16. The van der Waals surface area contributed by atoms with Gasteiger partial charge >= 0.3 is 6.18 Å². The van der Waals surface area contributed by atoms with Gasteiger partial charge in [-0.25, -0.2) is 0 Å². The summed E-state index contributed by atoms with van der Waals surface area (Å²) in [7, 11) is 0. The number of ether oxygens (including phenoxy) is 2. The molecule has 4 rings (SSSR count). The number of nitrogens with zero attached hydrogens (tertiary/aromatic N) is 1. The molecule has 6 nitrogen and oxygen atoms in total. The Labute approximate surface area is 170 Å². The Balaban J connectivity index is 1.60. The van der Waals surface area contributed by atoms with E-state index in [0.29, 0.717) is 30.9 Å². The highest BCUT2D eigenvalue weighted by molar-refractivity contribution is 5.95. The van der Waals surface area contributed by atoms with Gasteiger partial charge in [0.2, 0.25) is 12.7 Å². The van der Waals surface area contributed by atoms with E-state index in [-0.39, 0.29) is 30.4 Å². The summed E-state index contributed by atoms with van der Waals surface area (Å²) < 4.78 is 50.0. The third-order valence-electron chi connectivity index (χ3n) is 5.13. The van der Waals surface area contributed by atoms with Gasteiger partial charge in [-0.2, -0.15) is 13.2 Å². The second-order valence-corrected chi connectivity index (χ2v) is 7.16. The summed E-state index contributed by atoms with van der Waals surface area (Å²) in [5.41, 5.74) is -0.252. The fourth-order valence-corrected chi connectivity index (χ4v) is 3.56. The lowest BCUT2D eigenvalue weighted by atomic mass is 10.0. The van der Waals surface area contributed by atoms with Crippen molar-refractivity contribution in [3.05, 3.63) is 59.2 Å². The molecule has 2 heterocycles. The molecule has 2 aromatic carbocycles. The Morgan fingerprint density at radius 1 is 1.13 bits per heavy atom. The van der Waals surface area contributed by atoms with Crippen molar-refractivity contribution in [2.45, 2.75) is 25.1 Å². The van der Waals surface area contributed by atoms with E-state index in [0.717, 1.165) is 12.1 Å². The maximum atomic E-state index is 13.2. The number of hydrogen-bond acceptors (Lipinski definition) is 4. The maximum Gasteiger partial charge on any atom is 0.416 e. The number of carbonyl (C=O) groups is 2. The van der Waals surface area contributed by atoms with Gasteiger partial charge in [-0.15, -0.1) is 0 Å². The van der Waals surface area contributed by atoms with Gasteiger partial charge in [0.1, 0.15) is 0 Å². The van der Waals surface area contributed by atoms with Gasteiger partial charge in [0.25, 0.3) is 5.91 Å². The Kier molecular flexibility index (Phi) is 5.27. The van der Waals surface area contributed by atoms with Crippen molar-refractivity contribution in [2.24, 2.45) is 0 Å². The highest BCUT2D eigenvalue weighted by atomic mass is 19.4. The van der Waals surface area contributed by atoms with E-state index in [2.05, 4.69) is 5.32 Å². The molecule has 2 aliphatic rings. The van der Waals surface area contributed by atoms with Gasteiger partial charge in [0.05, 0.1) is 11.6 Å². The number of nitrogens with one attached hydrogen (secondary N) is 1. The van der Waals surface area contributed by atoms with E-state index in [9.17, 15) is 22.8 Å². The zero-order chi connectivity index (χ0) is 21.3. The Hall–Kier alpha value is -3.23. The van der Waals surface area contributed by atoms with Crippen molar-refractivity contribution < 1.29 is 32.2 Å². The average molecular weight is 420 g/mol. The minimum Gasteiger partial charge on any atom is -0.454 e. The van der Waals surface area contributed by atoms with Crippen LogP contribution in [0.3, 0.4) is 0 Å². The predicted molar refractivity (Wildman–Crippen MR) is 100 cm³/mol. The molecule has 0 radical (unpaired) electrons. The standard InChI is InChI=1S/C21H19F3N2O4/c22-21(23,24)15-4-1-3-13(9-15)16(11-26-8-2-5-19(26)27)25-20(28)14-6-7-17-18(10-14)30-12-29-17/h1,3-4,6-7,9-10,16H,2,5,8,11-12H2,(H,25,28). The topological polar surface area (TPSA) is 67.9 Å². The largest absolute Gasteiger partial charge is 0.454 e. The predicted octanol–water partition coefficient (Wildman–Crippen LogP) is 3.53. The first-order chi connectivity index (χ1) is 14.3. The molecule has 2 amide bonds. The molecule has 2 aliphatic heterocycles. The van der Waals surface area contributed by atoms with Gasteiger partial charge in [0, 0.05) is 25.1 Å². The molecular formula is C21H19F3N2O4. The first kappa shape index (κ1) is 20.1. The maximum absolute atomic E-state index is 13.2. The molecule has 1 N–H and O–H groups in total. The minimum atomic E-state index is -4.51. The first-order valence-electron chi connectivity index (χ1n) is 9.47. The van der Waals surface area contributed by atoms with Crippen molar-refractivity contribution in [3.8, 4) is 11.5 Å². The number of likely N-dealkylation sites (tertiary alicyclic amines) is 1. The number of benzene rings is 2. The number of alkyl halides is 3. The summed E-state index contributed by atoms with van der Waals surface area (Å²) in [6.07, 6.45) is -3.43. The summed E-state index contributed by atoms with van der Waals surface area (Å²) in [6, 6.07) is 8.65. The molecule has 0 saturated carbocycles. The van der Waals surface area contributed by atoms with Crippen molar-refractivity contribution in [1.82, 2.24) is 10.2 Å². The molecule has 1 unspecified atom stereocenters. The molecule has 0 aliphatic carbocycles. The van der Waals surface area contributed by atoms with E-state index in [1.54, 1.807) is 17.0 Å². The third-order valence-corrected chi connectivity index (χ3v) is 5.13. The van der Waals surface area contributed by atoms with E-state index in [4.69, 9.17) is 9.47 Å². The molecule has 158 valence electrons. The van der Waals surface area contributed by atoms with Crippen LogP contribution in [0.1, 0.15) is 40.4 Å². The lowest BCUT2D eigenvalue weighted by Crippen LogP contribution is -2.38. The summed E-state index contributed by atoms with van der Waals surface area (Å²) in [6.45, 7) is 0.662. The number of hydrogen-bond donors (Lipinski definition) is 1. The molecule has 0 bridgehead atoms. The van der Waals surface area contributed by atoms with E-state index in [1.807, 2.05) is 0 Å². The Morgan fingerprint density at radius 2 is 1.93 bits per heavy atom. The van der Waals surface area contributed by atoms with Crippen LogP contribution < -0.4 is 14.8 Å². The minimum absolute atomic E-state index is 0.0599. The number of halogens is 3. The lowest BCUT2D eigenvalue weighted by molar-refractivity contribution is -0.137. The normalized spacial score (nSPS) is 16.6. The zero-order valence-corrected chi connectivity index (χ0v) is 15.9. The monoisotopic (exact) mass is 420 g/mol. The van der Waals surface area contributed by atoms with Crippen LogP contribution in [-0.2, 0) is 11.0 Å². The van der Waals surface area contributed by atoms with Crippen LogP contribution in [0.5, 0.6) is 11.5 Å². The van der Waals surface area contributed by atoms with Crippen LogP contribution in [0.25, 0.3) is 0 Å². The number of carbonyl (C=O) groups excluding carboxylic acids is 2. The first-order valence-corrected chi connectivity index (χ1v) is 9.47. The molecular weight excluding hydrogens is 401 g/mol. The van der Waals surface area contributed by atoms with Crippen LogP contribution in [0, 0.1) is 0 Å². The van der Waals surface area contributed by atoms with Gasteiger partial charge in [-0.05, 0) is 42.3 Å². The molecule has 1 atom stereocenters. The quantitative estimate of drug-likeness (QED) is 0.804. The highest BCUT2D eigenvalue weighted by Gasteiger charge is 2.32. The third kappa shape index (κ3) is 4.19. The van der Waals surface area contributed by atoms with Crippen molar-refractivity contribution >= 4 is 11.8 Å². The number of amides is 2. The van der Waals surface area contributed by atoms with Crippen molar-refractivity contribution in [2.75, 3.05) is 19.9 Å². The van der Waals surface area contributed by atoms with Crippen molar-refractivity contribution in [1.29, 1.82) is 0 Å². The summed E-state index contributed by atoms with van der Waals surface area (Å²) in [5.74, 6) is 0.378. The molecule has 1 saturated heterocycles.